The summed E-state index contributed by atoms with van der Waals surface area (Å²) in [7, 11) is 0. The third-order valence-electron chi connectivity index (χ3n) is 5.66. The molecule has 1 saturated heterocycles. The maximum atomic E-state index is 10.8. The average Bonchev–Trinajstić information content (AvgIpc) is 3.52. The first-order chi connectivity index (χ1) is 13.6. The molecule has 1 aliphatic rings. The Hall–Kier alpha value is -2.68. The van der Waals surface area contributed by atoms with Crippen molar-refractivity contribution in [3.63, 3.8) is 0 Å². The van der Waals surface area contributed by atoms with Crippen LogP contribution in [0.5, 0.6) is 0 Å². The molecule has 1 N–H and O–H groups in total. The van der Waals surface area contributed by atoms with Crippen LogP contribution in [0.2, 0.25) is 0 Å². The Labute approximate surface area is 167 Å². The van der Waals surface area contributed by atoms with E-state index in [1.54, 1.807) is 0 Å². The van der Waals surface area contributed by atoms with Crippen LogP contribution in [-0.2, 0) is 5.54 Å². The number of aliphatic hydroxyl groups excluding tert-OH is 1. The molecule has 2 heteroatoms. The van der Waals surface area contributed by atoms with Gasteiger partial charge in [-0.25, -0.2) is 0 Å². The van der Waals surface area contributed by atoms with E-state index >= 15 is 0 Å². The van der Waals surface area contributed by atoms with E-state index in [9.17, 15) is 5.11 Å². The summed E-state index contributed by atoms with van der Waals surface area (Å²) in [6.07, 6.45) is 0.225. The number of rotatable bonds is 7. The molecule has 1 heterocycles. The van der Waals surface area contributed by atoms with E-state index in [-0.39, 0.29) is 6.04 Å². The van der Waals surface area contributed by atoms with Gasteiger partial charge in [0.05, 0.1) is 17.7 Å². The van der Waals surface area contributed by atoms with E-state index in [0.29, 0.717) is 6.42 Å². The third-order valence-corrected chi connectivity index (χ3v) is 5.66. The van der Waals surface area contributed by atoms with E-state index in [1.807, 2.05) is 6.92 Å². The topological polar surface area (TPSA) is 23.2 Å². The Kier molecular flexibility index (Phi) is 5.17. The molecule has 1 fully saturated rings. The molecular weight excluding hydrogens is 342 g/mol. The highest BCUT2D eigenvalue weighted by Crippen LogP contribution is 2.49. The first kappa shape index (κ1) is 18.7. The van der Waals surface area contributed by atoms with Gasteiger partial charge in [0.25, 0.3) is 0 Å². The van der Waals surface area contributed by atoms with Gasteiger partial charge in [0.15, 0.2) is 0 Å². The first-order valence-electron chi connectivity index (χ1n) is 9.90. The van der Waals surface area contributed by atoms with E-state index in [0.717, 1.165) is 12.1 Å². The number of hydrogen-bond acceptors (Lipinski definition) is 2. The van der Waals surface area contributed by atoms with E-state index in [1.165, 1.54) is 16.7 Å². The van der Waals surface area contributed by atoms with Crippen molar-refractivity contribution in [2.75, 3.05) is 6.54 Å². The van der Waals surface area contributed by atoms with Crippen molar-refractivity contribution >= 4 is 0 Å². The zero-order chi connectivity index (χ0) is 19.6. The van der Waals surface area contributed by atoms with E-state index in [2.05, 4.69) is 102 Å². The Morgan fingerprint density at radius 2 is 1.29 bits per heavy atom. The zero-order valence-electron chi connectivity index (χ0n) is 16.3. The molecule has 1 unspecified atom stereocenters. The zero-order valence-corrected chi connectivity index (χ0v) is 16.3. The van der Waals surface area contributed by atoms with Gasteiger partial charge in [-0.3, -0.25) is 4.90 Å². The second-order valence-corrected chi connectivity index (χ2v) is 7.76. The normalized spacial score (nSPS) is 19.8. The van der Waals surface area contributed by atoms with Crippen LogP contribution in [-0.4, -0.2) is 28.7 Å². The molecule has 0 aromatic heterocycles. The predicted octanol–water partition coefficient (Wildman–Crippen LogP) is 4.99. The molecule has 28 heavy (non-hydrogen) atoms. The molecule has 4 rings (SSSR count). The second kappa shape index (κ2) is 7.75. The average molecular weight is 370 g/mol. The summed E-state index contributed by atoms with van der Waals surface area (Å²) in [5.74, 6) is 0. The van der Waals surface area contributed by atoms with Gasteiger partial charge in [-0.2, -0.15) is 0 Å². The smallest absolute Gasteiger partial charge is 0.0977 e. The van der Waals surface area contributed by atoms with Gasteiger partial charge in [-0.05, 0) is 30.0 Å². The summed E-state index contributed by atoms with van der Waals surface area (Å²) in [5.41, 5.74) is 4.25. The fourth-order valence-electron chi connectivity index (χ4n) is 4.40. The van der Waals surface area contributed by atoms with Crippen LogP contribution in [0.1, 0.15) is 30.0 Å². The highest BCUT2D eigenvalue weighted by atomic mass is 16.3. The van der Waals surface area contributed by atoms with Crippen LogP contribution >= 0.6 is 0 Å². The Bertz CT molecular complexity index is 824. The quantitative estimate of drug-likeness (QED) is 0.360. The lowest BCUT2D eigenvalue weighted by Crippen LogP contribution is -2.40. The van der Waals surface area contributed by atoms with Crippen molar-refractivity contribution in [2.24, 2.45) is 0 Å². The summed E-state index contributed by atoms with van der Waals surface area (Å²) < 4.78 is 0. The minimum Gasteiger partial charge on any atom is -0.391 e. The molecular formula is C26H27NO. The van der Waals surface area contributed by atoms with Gasteiger partial charge in [0, 0.05) is 6.54 Å². The lowest BCUT2D eigenvalue weighted by Gasteiger charge is -2.38. The van der Waals surface area contributed by atoms with Crippen molar-refractivity contribution in [1.29, 1.82) is 0 Å². The predicted molar refractivity (Wildman–Crippen MR) is 115 cm³/mol. The molecule has 0 spiro atoms. The highest BCUT2D eigenvalue weighted by Gasteiger charge is 2.55. The number of nitrogens with zero attached hydrogens (tertiary/aromatic N) is 1. The summed E-state index contributed by atoms with van der Waals surface area (Å²) in [6.45, 7) is 6.82. The lowest BCUT2D eigenvalue weighted by atomic mass is 9.76. The molecule has 2 nitrogen and oxygen atoms in total. The highest BCUT2D eigenvalue weighted by molar-refractivity contribution is 5.51. The molecule has 3 aromatic rings. The monoisotopic (exact) mass is 369 g/mol. The number of aliphatic hydroxyl groups is 1. The van der Waals surface area contributed by atoms with Crippen LogP contribution in [0.3, 0.4) is 0 Å². The molecule has 3 aromatic carbocycles. The van der Waals surface area contributed by atoms with E-state index in [4.69, 9.17) is 0 Å². The van der Waals surface area contributed by atoms with Crippen LogP contribution in [0.4, 0.5) is 0 Å². The minimum absolute atomic E-state index is 0.109. The van der Waals surface area contributed by atoms with Gasteiger partial charge in [-0.1, -0.05) is 96.6 Å². The summed E-state index contributed by atoms with van der Waals surface area (Å²) in [6, 6.07) is 32.0. The molecule has 3 atom stereocenters. The molecule has 0 amide bonds. The van der Waals surface area contributed by atoms with Gasteiger partial charge in [0.2, 0.25) is 0 Å². The minimum atomic E-state index is -0.426. The van der Waals surface area contributed by atoms with Crippen molar-refractivity contribution in [3.05, 3.63) is 120 Å². The maximum absolute atomic E-state index is 10.8. The standard InChI is InChI=1S/C26H27NO/c1-20(2)18-25(28)24-19-27(24)26(21-12-6-3-7-13-21,22-14-8-4-9-15-22)23-16-10-5-11-17-23/h3-17,24-25,28H,1,18-19H2,2H3/t24-,25+,27?/m0/s1. The van der Waals surface area contributed by atoms with Gasteiger partial charge in [0.1, 0.15) is 0 Å². The molecule has 0 radical (unpaired) electrons. The Morgan fingerprint density at radius 3 is 1.64 bits per heavy atom. The van der Waals surface area contributed by atoms with Gasteiger partial charge >= 0.3 is 0 Å². The summed E-state index contributed by atoms with van der Waals surface area (Å²) in [4.78, 5) is 2.43. The van der Waals surface area contributed by atoms with Gasteiger partial charge in [-0.15, -0.1) is 6.58 Å². The lowest BCUT2D eigenvalue weighted by molar-refractivity contribution is 0.140. The molecule has 0 saturated carbocycles. The van der Waals surface area contributed by atoms with Crippen molar-refractivity contribution < 1.29 is 5.11 Å². The SMILES string of the molecule is C=C(C)C[C@@H](O)[C@@H]1CN1C(c1ccccc1)(c1ccccc1)c1ccccc1. The maximum Gasteiger partial charge on any atom is 0.0977 e. The largest absolute Gasteiger partial charge is 0.391 e. The van der Waals surface area contributed by atoms with Crippen LogP contribution in [0.15, 0.2) is 103 Å². The molecule has 1 aliphatic heterocycles. The van der Waals surface area contributed by atoms with Crippen molar-refractivity contribution in [1.82, 2.24) is 4.90 Å². The van der Waals surface area contributed by atoms with Crippen LogP contribution in [0.25, 0.3) is 0 Å². The van der Waals surface area contributed by atoms with Crippen LogP contribution in [0, 0.1) is 0 Å². The number of benzene rings is 3. The summed E-state index contributed by atoms with van der Waals surface area (Å²) >= 11 is 0. The Balaban J connectivity index is 1.89. The fraction of sp³-hybridized carbons (Fsp3) is 0.231. The van der Waals surface area contributed by atoms with Crippen LogP contribution < -0.4 is 0 Å². The molecule has 0 bridgehead atoms. The molecule has 0 aliphatic carbocycles. The van der Waals surface area contributed by atoms with Crippen molar-refractivity contribution in [3.8, 4) is 0 Å². The fourth-order valence-corrected chi connectivity index (χ4v) is 4.40. The number of hydrogen-bond donors (Lipinski definition) is 1. The molecule has 142 valence electrons. The second-order valence-electron chi connectivity index (χ2n) is 7.76. The Morgan fingerprint density at radius 1 is 0.893 bits per heavy atom. The van der Waals surface area contributed by atoms with E-state index < -0.39 is 11.6 Å². The first-order valence-corrected chi connectivity index (χ1v) is 9.90. The van der Waals surface area contributed by atoms with Gasteiger partial charge < -0.3 is 5.11 Å². The third kappa shape index (κ3) is 3.30. The summed E-state index contributed by atoms with van der Waals surface area (Å²) in [5, 5.41) is 10.8. The van der Waals surface area contributed by atoms with Crippen molar-refractivity contribution in [2.45, 2.75) is 31.0 Å².